The number of halogens is 3. The van der Waals surface area contributed by atoms with Gasteiger partial charge in [0.25, 0.3) is 0 Å². The van der Waals surface area contributed by atoms with Crippen molar-refractivity contribution in [2.24, 2.45) is 0 Å². The molecule has 2 aromatic heterocycles. The SMILES string of the molecule is Cc1c(C)n(C[C@H](O)CO)c2ccc3[nH]c(=O)cc(C(F)(F)F)c3c12. The van der Waals surface area contributed by atoms with Gasteiger partial charge in [-0.15, -0.1) is 0 Å². The molecule has 1 atom stereocenters. The third-order valence-electron chi connectivity index (χ3n) is 4.51. The van der Waals surface area contributed by atoms with Crippen molar-refractivity contribution >= 4 is 21.8 Å². The van der Waals surface area contributed by atoms with Crippen molar-refractivity contribution in [3.8, 4) is 0 Å². The number of pyridine rings is 1. The number of aromatic nitrogens is 2. The summed E-state index contributed by atoms with van der Waals surface area (Å²) in [6.07, 6.45) is -5.70. The number of aliphatic hydroxyl groups is 2. The van der Waals surface area contributed by atoms with Crippen molar-refractivity contribution < 1.29 is 23.4 Å². The van der Waals surface area contributed by atoms with Crippen molar-refractivity contribution in [3.05, 3.63) is 45.4 Å². The summed E-state index contributed by atoms with van der Waals surface area (Å²) in [5, 5.41) is 19.1. The van der Waals surface area contributed by atoms with Crippen molar-refractivity contribution in [1.29, 1.82) is 0 Å². The highest BCUT2D eigenvalue weighted by Gasteiger charge is 2.34. The first kappa shape index (κ1) is 17.5. The summed E-state index contributed by atoms with van der Waals surface area (Å²) in [5.41, 5.74) is 0.129. The predicted octanol–water partition coefficient (Wildman–Crippen LogP) is 2.47. The number of rotatable bonds is 3. The quantitative estimate of drug-likeness (QED) is 0.676. The maximum atomic E-state index is 13.5. The third kappa shape index (κ3) is 2.81. The second-order valence-electron chi connectivity index (χ2n) is 6.08. The molecule has 0 aliphatic carbocycles. The summed E-state index contributed by atoms with van der Waals surface area (Å²) >= 11 is 0. The maximum Gasteiger partial charge on any atom is 0.417 e. The fourth-order valence-corrected chi connectivity index (χ4v) is 3.24. The van der Waals surface area contributed by atoms with E-state index in [-0.39, 0.29) is 17.4 Å². The Morgan fingerprint density at radius 1 is 1.24 bits per heavy atom. The van der Waals surface area contributed by atoms with Crippen molar-refractivity contribution in [2.75, 3.05) is 6.61 Å². The number of nitrogens with one attached hydrogen (secondary N) is 1. The molecular formula is C17H17F3N2O3. The molecule has 8 heteroatoms. The van der Waals surface area contributed by atoms with Crippen LogP contribution in [-0.2, 0) is 12.7 Å². The standard InChI is InChI=1S/C17H17F3N2O3/c1-8-9(2)22(6-10(24)7-23)13-4-3-12-16(15(8)13)11(17(18,19)20)5-14(25)21-12/h3-5,10,23-24H,6-7H2,1-2H3,(H,21,25)/t10-/m0/s1. The zero-order valence-electron chi connectivity index (χ0n) is 13.6. The van der Waals surface area contributed by atoms with E-state index in [0.717, 1.165) is 0 Å². The number of fused-ring (bicyclic) bond motifs is 3. The van der Waals surface area contributed by atoms with Crippen LogP contribution in [0.3, 0.4) is 0 Å². The Morgan fingerprint density at radius 3 is 2.52 bits per heavy atom. The predicted molar refractivity (Wildman–Crippen MR) is 87.6 cm³/mol. The van der Waals surface area contributed by atoms with Gasteiger partial charge in [-0.25, -0.2) is 0 Å². The van der Waals surface area contributed by atoms with Gasteiger partial charge in [-0.05, 0) is 31.5 Å². The molecule has 5 nitrogen and oxygen atoms in total. The van der Waals surface area contributed by atoms with Crippen LogP contribution >= 0.6 is 0 Å². The summed E-state index contributed by atoms with van der Waals surface area (Å²) < 4.78 is 42.2. The summed E-state index contributed by atoms with van der Waals surface area (Å²) in [6.45, 7) is 3.05. The Kier molecular flexibility index (Phi) is 4.12. The lowest BCUT2D eigenvalue weighted by molar-refractivity contribution is -0.136. The molecule has 134 valence electrons. The van der Waals surface area contributed by atoms with Gasteiger partial charge in [-0.1, -0.05) is 0 Å². The van der Waals surface area contributed by atoms with Crippen LogP contribution < -0.4 is 5.56 Å². The van der Waals surface area contributed by atoms with Gasteiger partial charge in [0.2, 0.25) is 5.56 Å². The zero-order valence-corrected chi connectivity index (χ0v) is 13.6. The number of alkyl halides is 3. The van der Waals surface area contributed by atoms with Gasteiger partial charge in [0.15, 0.2) is 0 Å². The monoisotopic (exact) mass is 354 g/mol. The summed E-state index contributed by atoms with van der Waals surface area (Å²) in [6, 6.07) is 3.60. The van der Waals surface area contributed by atoms with Crippen LogP contribution in [0, 0.1) is 13.8 Å². The molecule has 0 aliphatic rings. The molecule has 25 heavy (non-hydrogen) atoms. The Bertz CT molecular complexity index is 1020. The average molecular weight is 354 g/mol. The minimum Gasteiger partial charge on any atom is -0.394 e. The van der Waals surface area contributed by atoms with E-state index in [1.54, 1.807) is 24.5 Å². The summed E-state index contributed by atoms with van der Waals surface area (Å²) in [4.78, 5) is 14.1. The highest BCUT2D eigenvalue weighted by Crippen LogP contribution is 2.39. The van der Waals surface area contributed by atoms with Gasteiger partial charge in [-0.3, -0.25) is 4.79 Å². The van der Waals surface area contributed by atoms with Crippen molar-refractivity contribution in [1.82, 2.24) is 9.55 Å². The minimum absolute atomic E-state index is 0.0584. The number of aryl methyl sites for hydroxylation is 1. The van der Waals surface area contributed by atoms with Gasteiger partial charge in [-0.2, -0.15) is 13.2 Å². The van der Waals surface area contributed by atoms with E-state index in [9.17, 15) is 23.1 Å². The second-order valence-corrected chi connectivity index (χ2v) is 6.08. The van der Waals surface area contributed by atoms with E-state index in [4.69, 9.17) is 5.11 Å². The minimum atomic E-state index is -4.67. The van der Waals surface area contributed by atoms with E-state index in [2.05, 4.69) is 4.98 Å². The van der Waals surface area contributed by atoms with Gasteiger partial charge in [0.05, 0.1) is 24.8 Å². The smallest absolute Gasteiger partial charge is 0.394 e. The van der Waals surface area contributed by atoms with Crippen molar-refractivity contribution in [3.63, 3.8) is 0 Å². The molecule has 1 aromatic carbocycles. The largest absolute Gasteiger partial charge is 0.417 e. The Balaban J connectivity index is 2.47. The number of aromatic amines is 1. The normalized spacial score (nSPS) is 13.7. The summed E-state index contributed by atoms with van der Waals surface area (Å²) in [5.74, 6) is 0. The molecule has 0 saturated carbocycles. The Morgan fingerprint density at radius 2 is 1.92 bits per heavy atom. The van der Waals surface area contributed by atoms with Crippen LogP contribution in [0.1, 0.15) is 16.8 Å². The molecule has 0 amide bonds. The van der Waals surface area contributed by atoms with Crippen LogP contribution in [0.2, 0.25) is 0 Å². The van der Waals surface area contributed by atoms with E-state index in [1.807, 2.05) is 0 Å². The Labute approximate surface area is 140 Å². The first-order valence-electron chi connectivity index (χ1n) is 7.66. The molecule has 0 unspecified atom stereocenters. The molecule has 3 rings (SSSR count). The number of hydrogen-bond donors (Lipinski definition) is 3. The zero-order chi connectivity index (χ0) is 18.5. The van der Waals surface area contributed by atoms with E-state index in [0.29, 0.717) is 28.2 Å². The molecule has 0 bridgehead atoms. The van der Waals surface area contributed by atoms with Gasteiger partial charge < -0.3 is 19.8 Å². The van der Waals surface area contributed by atoms with Crippen LogP contribution in [0.4, 0.5) is 13.2 Å². The van der Waals surface area contributed by atoms with Gasteiger partial charge in [0.1, 0.15) is 0 Å². The van der Waals surface area contributed by atoms with Crippen LogP contribution in [0.15, 0.2) is 23.0 Å². The highest BCUT2D eigenvalue weighted by molar-refractivity contribution is 6.09. The van der Waals surface area contributed by atoms with Crippen LogP contribution in [0.25, 0.3) is 21.8 Å². The van der Waals surface area contributed by atoms with E-state index >= 15 is 0 Å². The first-order valence-corrected chi connectivity index (χ1v) is 7.66. The fraction of sp³-hybridized carbons (Fsp3) is 0.353. The molecule has 3 aromatic rings. The molecule has 0 saturated heterocycles. The maximum absolute atomic E-state index is 13.5. The number of aliphatic hydroxyl groups excluding tert-OH is 2. The number of hydrogen-bond acceptors (Lipinski definition) is 3. The van der Waals surface area contributed by atoms with Gasteiger partial charge >= 0.3 is 6.18 Å². The van der Waals surface area contributed by atoms with Crippen LogP contribution in [0.5, 0.6) is 0 Å². The fourth-order valence-electron chi connectivity index (χ4n) is 3.24. The lowest BCUT2D eigenvalue weighted by atomic mass is 10.0. The molecular weight excluding hydrogens is 337 g/mol. The molecule has 2 heterocycles. The van der Waals surface area contributed by atoms with Gasteiger partial charge in [0, 0.05) is 33.6 Å². The average Bonchev–Trinajstić information content (AvgIpc) is 2.77. The number of benzene rings is 1. The third-order valence-corrected chi connectivity index (χ3v) is 4.51. The second kappa shape index (κ2) is 5.89. The molecule has 0 spiro atoms. The Hall–Kier alpha value is -2.32. The number of H-pyrrole nitrogens is 1. The topological polar surface area (TPSA) is 78.2 Å². The summed E-state index contributed by atoms with van der Waals surface area (Å²) in [7, 11) is 0. The lowest BCUT2D eigenvalue weighted by Crippen LogP contribution is -2.20. The van der Waals surface area contributed by atoms with E-state index in [1.165, 1.54) is 6.07 Å². The van der Waals surface area contributed by atoms with Crippen LogP contribution in [-0.4, -0.2) is 32.5 Å². The molecule has 0 fully saturated rings. The molecule has 0 aliphatic heterocycles. The first-order chi connectivity index (χ1) is 11.6. The highest BCUT2D eigenvalue weighted by atomic mass is 19.4. The lowest BCUT2D eigenvalue weighted by Gasteiger charge is -2.13. The van der Waals surface area contributed by atoms with Crippen molar-refractivity contribution in [2.45, 2.75) is 32.7 Å². The molecule has 3 N–H and O–H groups in total. The molecule has 0 radical (unpaired) electrons. The number of nitrogens with zero attached hydrogens (tertiary/aromatic N) is 1. The van der Waals surface area contributed by atoms with E-state index < -0.39 is 30.0 Å².